The molecule has 1 aliphatic heterocycles. The fraction of sp³-hybridized carbons (Fsp3) is 0.250. The largest absolute Gasteiger partial charge is 0.322 e. The molecule has 0 aliphatic carbocycles. The maximum absolute atomic E-state index is 12.4. The molecule has 0 radical (unpaired) electrons. The molecule has 0 bridgehead atoms. The summed E-state index contributed by atoms with van der Waals surface area (Å²) in [5.41, 5.74) is 2.37. The van der Waals surface area contributed by atoms with E-state index in [2.05, 4.69) is 10.3 Å². The number of hydrogen-bond donors (Lipinski definition) is 1. The molecule has 0 atom stereocenters. The van der Waals surface area contributed by atoms with Crippen molar-refractivity contribution in [3.05, 3.63) is 35.5 Å². The average Bonchev–Trinajstić information content (AvgIpc) is 3.00. The van der Waals surface area contributed by atoms with E-state index in [1.165, 1.54) is 10.9 Å². The quantitative estimate of drug-likeness (QED) is 0.811. The molecule has 1 amide bonds. The number of carbonyl (C=O) groups is 2. The van der Waals surface area contributed by atoms with Crippen LogP contribution in [0.15, 0.2) is 18.7 Å². The smallest absolute Gasteiger partial charge is 0.267 e. The van der Waals surface area contributed by atoms with Gasteiger partial charge in [0.15, 0.2) is 0 Å². The van der Waals surface area contributed by atoms with E-state index in [0.29, 0.717) is 11.4 Å². The van der Waals surface area contributed by atoms with Gasteiger partial charge in [0, 0.05) is 18.1 Å². The maximum atomic E-state index is 12.4. The summed E-state index contributed by atoms with van der Waals surface area (Å²) in [6.45, 7) is 4.07. The Labute approximate surface area is 103 Å². The third-order valence-electron chi connectivity index (χ3n) is 3.34. The van der Waals surface area contributed by atoms with Crippen molar-refractivity contribution < 1.29 is 9.59 Å². The Bertz CT molecular complexity index is 652. The van der Waals surface area contributed by atoms with Gasteiger partial charge in [-0.2, -0.15) is 0 Å². The van der Waals surface area contributed by atoms with Crippen LogP contribution >= 0.6 is 0 Å². The molecule has 0 spiro atoms. The Morgan fingerprint density at radius 1 is 1.44 bits per heavy atom. The lowest BCUT2D eigenvalue weighted by Gasteiger charge is -2.03. The molecule has 1 N–H and O–H groups in total. The fourth-order valence-electron chi connectivity index (χ4n) is 2.28. The van der Waals surface area contributed by atoms with Gasteiger partial charge < -0.3 is 9.88 Å². The first-order valence-electron chi connectivity index (χ1n) is 5.61. The lowest BCUT2D eigenvalue weighted by molar-refractivity contribution is -0.115. The summed E-state index contributed by atoms with van der Waals surface area (Å²) in [6, 6.07) is 0. The minimum atomic E-state index is -0.177. The third-order valence-corrected chi connectivity index (χ3v) is 3.34. The topological polar surface area (TPSA) is 68.9 Å². The predicted octanol–water partition coefficient (Wildman–Crippen LogP) is 0.942. The summed E-state index contributed by atoms with van der Waals surface area (Å²) in [5, 5.41) is 2.74. The SMILES string of the molecule is Cc1c(C(=O)n2ccnc2)c2n(c1C)CC(=O)N2. The molecule has 2 aromatic rings. The number of amides is 1. The number of hydrogen-bond acceptors (Lipinski definition) is 3. The molecule has 0 unspecified atom stereocenters. The zero-order chi connectivity index (χ0) is 12.9. The molecule has 0 saturated heterocycles. The number of nitrogens with one attached hydrogen (secondary N) is 1. The zero-order valence-corrected chi connectivity index (χ0v) is 10.1. The normalized spacial score (nSPS) is 13.6. The minimum absolute atomic E-state index is 0.0900. The van der Waals surface area contributed by atoms with Crippen molar-refractivity contribution in [1.29, 1.82) is 0 Å². The molecule has 1 aliphatic rings. The van der Waals surface area contributed by atoms with Crippen molar-refractivity contribution in [2.24, 2.45) is 0 Å². The summed E-state index contributed by atoms with van der Waals surface area (Å²) < 4.78 is 3.24. The maximum Gasteiger partial charge on any atom is 0.267 e. The number of fused-ring (bicyclic) bond motifs is 1. The number of anilines is 1. The van der Waals surface area contributed by atoms with Crippen LogP contribution in [0.5, 0.6) is 0 Å². The summed E-state index contributed by atoms with van der Waals surface area (Å²) in [7, 11) is 0. The molecule has 3 rings (SSSR count). The molecule has 6 nitrogen and oxygen atoms in total. The van der Waals surface area contributed by atoms with Gasteiger partial charge >= 0.3 is 0 Å². The van der Waals surface area contributed by atoms with Gasteiger partial charge in [0.2, 0.25) is 5.91 Å². The van der Waals surface area contributed by atoms with Crippen molar-refractivity contribution >= 4 is 17.6 Å². The second kappa shape index (κ2) is 3.56. The highest BCUT2D eigenvalue weighted by Gasteiger charge is 2.29. The molecule has 3 heterocycles. The first kappa shape index (κ1) is 10.8. The van der Waals surface area contributed by atoms with E-state index >= 15 is 0 Å². The fourth-order valence-corrected chi connectivity index (χ4v) is 2.28. The van der Waals surface area contributed by atoms with E-state index in [4.69, 9.17) is 0 Å². The first-order valence-corrected chi connectivity index (χ1v) is 5.61. The number of aromatic nitrogens is 3. The molecule has 6 heteroatoms. The second-order valence-electron chi connectivity index (χ2n) is 4.34. The lowest BCUT2D eigenvalue weighted by atomic mass is 10.1. The van der Waals surface area contributed by atoms with Crippen LogP contribution in [0.4, 0.5) is 5.82 Å². The average molecular weight is 244 g/mol. The molecule has 92 valence electrons. The van der Waals surface area contributed by atoms with Crippen molar-refractivity contribution in [3.63, 3.8) is 0 Å². The van der Waals surface area contributed by atoms with Crippen molar-refractivity contribution in [2.75, 3.05) is 5.32 Å². The van der Waals surface area contributed by atoms with E-state index in [0.717, 1.165) is 11.3 Å². The van der Waals surface area contributed by atoms with E-state index in [-0.39, 0.29) is 18.4 Å². The van der Waals surface area contributed by atoms with Gasteiger partial charge in [-0.25, -0.2) is 4.98 Å². The molecule has 0 fully saturated rings. The Morgan fingerprint density at radius 2 is 2.22 bits per heavy atom. The van der Waals surface area contributed by atoms with Crippen LogP contribution in [0.25, 0.3) is 0 Å². The van der Waals surface area contributed by atoms with E-state index in [1.54, 1.807) is 12.4 Å². The van der Waals surface area contributed by atoms with Crippen LogP contribution in [0.3, 0.4) is 0 Å². The summed E-state index contributed by atoms with van der Waals surface area (Å²) >= 11 is 0. The zero-order valence-electron chi connectivity index (χ0n) is 10.1. The van der Waals surface area contributed by atoms with Gasteiger partial charge in [-0.1, -0.05) is 0 Å². The predicted molar refractivity (Wildman–Crippen MR) is 64.5 cm³/mol. The monoisotopic (exact) mass is 244 g/mol. The van der Waals surface area contributed by atoms with Gasteiger partial charge in [-0.05, 0) is 19.4 Å². The number of carbonyl (C=O) groups excluding carboxylic acids is 2. The summed E-state index contributed by atoms with van der Waals surface area (Å²) in [4.78, 5) is 27.7. The standard InChI is InChI=1S/C12H12N4O2/c1-7-8(2)16-5-9(17)14-11(16)10(7)12(18)15-4-3-13-6-15/h3-4,6H,5H2,1-2H3,(H,14,17). The van der Waals surface area contributed by atoms with Gasteiger partial charge in [0.25, 0.3) is 5.91 Å². The van der Waals surface area contributed by atoms with E-state index in [1.807, 2.05) is 18.4 Å². The number of nitrogens with zero attached hydrogens (tertiary/aromatic N) is 3. The van der Waals surface area contributed by atoms with Crippen molar-refractivity contribution in [2.45, 2.75) is 20.4 Å². The summed E-state index contributed by atoms with van der Waals surface area (Å²) in [5.74, 6) is 0.325. The number of imidazole rings is 1. The highest BCUT2D eigenvalue weighted by atomic mass is 16.2. The minimum Gasteiger partial charge on any atom is -0.322 e. The van der Waals surface area contributed by atoms with Crippen molar-refractivity contribution in [3.8, 4) is 0 Å². The molecule has 0 saturated carbocycles. The molecular formula is C12H12N4O2. The first-order chi connectivity index (χ1) is 8.59. The van der Waals surface area contributed by atoms with Crippen LogP contribution < -0.4 is 5.32 Å². The molecular weight excluding hydrogens is 232 g/mol. The van der Waals surface area contributed by atoms with Crippen LogP contribution in [0.1, 0.15) is 21.6 Å². The number of rotatable bonds is 1. The molecule has 0 aromatic carbocycles. The Morgan fingerprint density at radius 3 is 2.89 bits per heavy atom. The van der Waals surface area contributed by atoms with Crippen LogP contribution in [0, 0.1) is 13.8 Å². The second-order valence-corrected chi connectivity index (χ2v) is 4.34. The Balaban J connectivity index is 2.17. The van der Waals surface area contributed by atoms with Gasteiger partial charge in [0.05, 0.1) is 5.56 Å². The molecule has 18 heavy (non-hydrogen) atoms. The van der Waals surface area contributed by atoms with E-state index in [9.17, 15) is 9.59 Å². The van der Waals surface area contributed by atoms with Crippen molar-refractivity contribution in [1.82, 2.24) is 14.1 Å². The van der Waals surface area contributed by atoms with Gasteiger partial charge in [-0.15, -0.1) is 0 Å². The third kappa shape index (κ3) is 1.32. The van der Waals surface area contributed by atoms with E-state index < -0.39 is 0 Å². The summed E-state index contributed by atoms with van der Waals surface area (Å²) in [6.07, 6.45) is 4.60. The molecule has 2 aromatic heterocycles. The van der Waals surface area contributed by atoms with Crippen LogP contribution in [0.2, 0.25) is 0 Å². The highest BCUT2D eigenvalue weighted by Crippen LogP contribution is 2.30. The van der Waals surface area contributed by atoms with Crippen LogP contribution in [-0.2, 0) is 11.3 Å². The Kier molecular flexibility index (Phi) is 2.13. The Hall–Kier alpha value is -2.37. The lowest BCUT2D eigenvalue weighted by Crippen LogP contribution is -2.14. The van der Waals surface area contributed by atoms with Crippen LogP contribution in [-0.4, -0.2) is 25.9 Å². The van der Waals surface area contributed by atoms with Gasteiger partial charge in [0.1, 0.15) is 18.7 Å². The highest BCUT2D eigenvalue weighted by molar-refractivity contribution is 6.07. The van der Waals surface area contributed by atoms with Gasteiger partial charge in [-0.3, -0.25) is 14.2 Å².